The number of carbonyl (C=O) groups is 1. The van der Waals surface area contributed by atoms with Gasteiger partial charge in [-0.25, -0.2) is 0 Å². The molecule has 4 nitrogen and oxygen atoms in total. The highest BCUT2D eigenvalue weighted by molar-refractivity contribution is 5.91. The molecule has 0 aliphatic rings. The lowest BCUT2D eigenvalue weighted by Gasteiger charge is -2.20. The number of benzene rings is 2. The molecule has 0 unspecified atom stereocenters. The molecule has 1 aromatic heterocycles. The number of hydrogen-bond acceptors (Lipinski definition) is 3. The predicted molar refractivity (Wildman–Crippen MR) is 116 cm³/mol. The first-order valence-corrected chi connectivity index (χ1v) is 9.86. The first-order chi connectivity index (χ1) is 13.8. The van der Waals surface area contributed by atoms with Gasteiger partial charge in [0.15, 0.2) is 5.76 Å². The van der Waals surface area contributed by atoms with E-state index in [0.29, 0.717) is 18.7 Å². The third-order valence-corrected chi connectivity index (χ3v) is 5.05. The lowest BCUT2D eigenvalue weighted by atomic mass is 9.85. The second kappa shape index (κ2) is 8.56. The molecule has 2 aromatic carbocycles. The first kappa shape index (κ1) is 20.7. The number of nitrogens with one attached hydrogen (secondary N) is 1. The van der Waals surface area contributed by atoms with Crippen LogP contribution in [-0.4, -0.2) is 13.0 Å². The topological polar surface area (TPSA) is 51.5 Å². The Labute approximate surface area is 172 Å². The van der Waals surface area contributed by atoms with Crippen molar-refractivity contribution in [1.82, 2.24) is 5.32 Å². The van der Waals surface area contributed by atoms with Crippen LogP contribution in [0.3, 0.4) is 0 Å². The molecule has 0 spiro atoms. The number of aryl methyl sites for hydroxylation is 1. The van der Waals surface area contributed by atoms with Gasteiger partial charge in [0.1, 0.15) is 11.5 Å². The van der Waals surface area contributed by atoms with Crippen LogP contribution in [0.4, 0.5) is 0 Å². The summed E-state index contributed by atoms with van der Waals surface area (Å²) in [6.45, 7) is 9.14. The predicted octanol–water partition coefficient (Wildman–Crippen LogP) is 5.41. The Morgan fingerprint density at radius 3 is 2.59 bits per heavy atom. The molecular weight excluding hydrogens is 362 g/mol. The fraction of sp³-hybridized carbons (Fsp3) is 0.320. The van der Waals surface area contributed by atoms with Crippen molar-refractivity contribution in [2.75, 3.05) is 7.11 Å². The molecule has 0 saturated carbocycles. The van der Waals surface area contributed by atoms with Gasteiger partial charge in [0, 0.05) is 13.0 Å². The highest BCUT2D eigenvalue weighted by Gasteiger charge is 2.16. The summed E-state index contributed by atoms with van der Waals surface area (Å²) in [5.74, 6) is 1.65. The quantitative estimate of drug-likeness (QED) is 0.611. The Bertz CT molecular complexity index is 995. The second-order valence-electron chi connectivity index (χ2n) is 8.37. The maximum absolute atomic E-state index is 12.5. The molecule has 3 rings (SSSR count). The molecule has 1 heterocycles. The molecule has 152 valence electrons. The average Bonchev–Trinajstić information content (AvgIpc) is 3.16. The summed E-state index contributed by atoms with van der Waals surface area (Å²) in [6.07, 6.45) is 0.666. The Balaban J connectivity index is 1.67. The Morgan fingerprint density at radius 1 is 1.07 bits per heavy atom. The van der Waals surface area contributed by atoms with E-state index >= 15 is 0 Å². The largest absolute Gasteiger partial charge is 0.497 e. The number of methoxy groups -OCH3 is 1. The Morgan fingerprint density at radius 2 is 1.86 bits per heavy atom. The lowest BCUT2D eigenvalue weighted by molar-refractivity contribution is 0.0921. The summed E-state index contributed by atoms with van der Waals surface area (Å²) in [4.78, 5) is 12.5. The molecule has 0 fully saturated rings. The van der Waals surface area contributed by atoms with Crippen LogP contribution < -0.4 is 10.1 Å². The fourth-order valence-electron chi connectivity index (χ4n) is 3.16. The standard InChI is InChI=1S/C25H29NO3/c1-17-9-10-20(25(2,3)4)14-19(17)15-22-11-12-23(29-22)24(27)26-16-18-7-6-8-21(13-18)28-5/h6-14H,15-16H2,1-5H3,(H,26,27). The van der Waals surface area contributed by atoms with E-state index in [4.69, 9.17) is 9.15 Å². The van der Waals surface area contributed by atoms with Crippen LogP contribution in [0.2, 0.25) is 0 Å². The molecule has 1 amide bonds. The zero-order valence-electron chi connectivity index (χ0n) is 17.8. The van der Waals surface area contributed by atoms with Gasteiger partial charge in [-0.15, -0.1) is 0 Å². The minimum atomic E-state index is -0.223. The van der Waals surface area contributed by atoms with Crippen molar-refractivity contribution in [2.24, 2.45) is 0 Å². The zero-order valence-corrected chi connectivity index (χ0v) is 17.8. The van der Waals surface area contributed by atoms with E-state index in [0.717, 1.165) is 17.1 Å². The lowest BCUT2D eigenvalue weighted by Crippen LogP contribution is -2.22. The molecule has 0 atom stereocenters. The van der Waals surface area contributed by atoms with Gasteiger partial charge in [-0.2, -0.15) is 0 Å². The van der Waals surface area contributed by atoms with Crippen LogP contribution in [0, 0.1) is 6.92 Å². The Hall–Kier alpha value is -3.01. The molecule has 4 heteroatoms. The van der Waals surface area contributed by atoms with Crippen molar-refractivity contribution >= 4 is 5.91 Å². The van der Waals surface area contributed by atoms with Crippen molar-refractivity contribution in [3.8, 4) is 5.75 Å². The van der Waals surface area contributed by atoms with Crippen LogP contribution in [0.25, 0.3) is 0 Å². The van der Waals surface area contributed by atoms with Crippen LogP contribution in [0.1, 0.15) is 59.3 Å². The smallest absolute Gasteiger partial charge is 0.287 e. The van der Waals surface area contributed by atoms with E-state index in [9.17, 15) is 4.79 Å². The molecule has 0 aliphatic heterocycles. The SMILES string of the molecule is COc1cccc(CNC(=O)c2ccc(Cc3cc(C(C)(C)C)ccc3C)o2)c1. The van der Waals surface area contributed by atoms with Gasteiger partial charge in [-0.3, -0.25) is 4.79 Å². The zero-order chi connectivity index (χ0) is 21.0. The van der Waals surface area contributed by atoms with Crippen LogP contribution >= 0.6 is 0 Å². The summed E-state index contributed by atoms with van der Waals surface area (Å²) >= 11 is 0. The van der Waals surface area contributed by atoms with Gasteiger partial charge >= 0.3 is 0 Å². The Kier molecular flexibility index (Phi) is 6.12. The van der Waals surface area contributed by atoms with E-state index in [1.165, 1.54) is 16.7 Å². The van der Waals surface area contributed by atoms with Crippen molar-refractivity contribution in [3.05, 3.63) is 88.4 Å². The number of rotatable bonds is 6. The van der Waals surface area contributed by atoms with Gasteiger partial charge in [0.2, 0.25) is 0 Å². The maximum Gasteiger partial charge on any atom is 0.287 e. The van der Waals surface area contributed by atoms with E-state index in [2.05, 4.69) is 51.2 Å². The molecular formula is C25H29NO3. The van der Waals surface area contributed by atoms with Gasteiger partial charge < -0.3 is 14.5 Å². The molecule has 1 N–H and O–H groups in total. The highest BCUT2D eigenvalue weighted by Crippen LogP contribution is 2.26. The number of ether oxygens (including phenoxy) is 1. The number of amides is 1. The van der Waals surface area contributed by atoms with E-state index in [1.807, 2.05) is 30.3 Å². The molecule has 0 radical (unpaired) electrons. The summed E-state index contributed by atoms with van der Waals surface area (Å²) in [5.41, 5.74) is 4.80. The summed E-state index contributed by atoms with van der Waals surface area (Å²) < 4.78 is 11.0. The first-order valence-electron chi connectivity index (χ1n) is 9.86. The molecule has 29 heavy (non-hydrogen) atoms. The van der Waals surface area contributed by atoms with E-state index in [1.54, 1.807) is 13.2 Å². The summed E-state index contributed by atoms with van der Waals surface area (Å²) in [5, 5.41) is 2.90. The normalized spacial score (nSPS) is 11.3. The van der Waals surface area contributed by atoms with E-state index in [-0.39, 0.29) is 11.3 Å². The maximum atomic E-state index is 12.5. The highest BCUT2D eigenvalue weighted by atomic mass is 16.5. The minimum Gasteiger partial charge on any atom is -0.497 e. The molecule has 0 saturated heterocycles. The van der Waals surface area contributed by atoms with Gasteiger partial charge in [-0.1, -0.05) is 51.1 Å². The van der Waals surface area contributed by atoms with Crippen molar-refractivity contribution in [3.63, 3.8) is 0 Å². The van der Waals surface area contributed by atoms with Crippen LogP contribution in [0.15, 0.2) is 59.0 Å². The second-order valence-corrected chi connectivity index (χ2v) is 8.37. The monoisotopic (exact) mass is 391 g/mol. The molecule has 0 aliphatic carbocycles. The van der Waals surface area contributed by atoms with E-state index < -0.39 is 0 Å². The summed E-state index contributed by atoms with van der Waals surface area (Å²) in [6, 6.07) is 17.8. The summed E-state index contributed by atoms with van der Waals surface area (Å²) in [7, 11) is 1.63. The minimum absolute atomic E-state index is 0.0940. The van der Waals surface area contributed by atoms with Crippen LogP contribution in [-0.2, 0) is 18.4 Å². The van der Waals surface area contributed by atoms with Gasteiger partial charge in [0.05, 0.1) is 7.11 Å². The molecule has 0 bridgehead atoms. The third-order valence-electron chi connectivity index (χ3n) is 5.05. The third kappa shape index (κ3) is 5.29. The van der Waals surface area contributed by atoms with Gasteiger partial charge in [-0.05, 0) is 58.9 Å². The fourth-order valence-corrected chi connectivity index (χ4v) is 3.16. The molecule has 3 aromatic rings. The average molecular weight is 392 g/mol. The number of carbonyl (C=O) groups excluding carboxylic acids is 1. The van der Waals surface area contributed by atoms with Gasteiger partial charge in [0.25, 0.3) is 5.91 Å². The van der Waals surface area contributed by atoms with Crippen molar-refractivity contribution < 1.29 is 13.9 Å². The number of hydrogen-bond donors (Lipinski definition) is 1. The number of furan rings is 1. The van der Waals surface area contributed by atoms with Crippen LogP contribution in [0.5, 0.6) is 5.75 Å². The van der Waals surface area contributed by atoms with Crippen molar-refractivity contribution in [2.45, 2.75) is 46.1 Å². The van der Waals surface area contributed by atoms with Crippen molar-refractivity contribution in [1.29, 1.82) is 0 Å².